The molecule has 0 bridgehead atoms. The normalized spacial score (nSPS) is 18.9. The van der Waals surface area contributed by atoms with Crippen LogP contribution in [-0.2, 0) is 4.79 Å². The second-order valence-electron chi connectivity index (χ2n) is 10.9. The summed E-state index contributed by atoms with van der Waals surface area (Å²) in [7, 11) is 0. The van der Waals surface area contributed by atoms with E-state index in [0.717, 1.165) is 24.8 Å². The molecule has 0 spiro atoms. The van der Waals surface area contributed by atoms with Crippen molar-refractivity contribution in [2.24, 2.45) is 11.8 Å². The Hall–Kier alpha value is -3.50. The molecule has 0 saturated heterocycles. The first kappa shape index (κ1) is 28.0. The molecule has 1 aromatic carbocycles. The van der Waals surface area contributed by atoms with Crippen molar-refractivity contribution in [2.75, 3.05) is 0 Å². The van der Waals surface area contributed by atoms with Gasteiger partial charge in [-0.05, 0) is 61.6 Å². The molecule has 7 nitrogen and oxygen atoms in total. The SMILES string of the molecule is CCCC(=O)N[C@@H](c1cnn2cc([C@@H](NC(=O)c3ccccc3C(F)F)C3CCC(F)(F)CC3)nc2c1)C1CC1. The van der Waals surface area contributed by atoms with E-state index in [1.165, 1.54) is 24.3 Å². The summed E-state index contributed by atoms with van der Waals surface area (Å²) >= 11 is 0. The lowest BCUT2D eigenvalue weighted by Crippen LogP contribution is -2.37. The highest BCUT2D eigenvalue weighted by Crippen LogP contribution is 2.43. The third-order valence-corrected chi connectivity index (χ3v) is 7.88. The highest BCUT2D eigenvalue weighted by atomic mass is 19.3. The van der Waals surface area contributed by atoms with E-state index in [4.69, 9.17) is 4.98 Å². The van der Waals surface area contributed by atoms with Crippen molar-refractivity contribution in [3.05, 3.63) is 65.1 Å². The Morgan fingerprint density at radius 3 is 2.42 bits per heavy atom. The zero-order chi connectivity index (χ0) is 28.4. The maximum Gasteiger partial charge on any atom is 0.264 e. The molecule has 11 heteroatoms. The van der Waals surface area contributed by atoms with Crippen LogP contribution in [0.1, 0.15) is 104 Å². The van der Waals surface area contributed by atoms with Crippen LogP contribution >= 0.6 is 0 Å². The Kier molecular flexibility index (Phi) is 8.09. The van der Waals surface area contributed by atoms with E-state index in [2.05, 4.69) is 15.7 Å². The minimum Gasteiger partial charge on any atom is -0.349 e. The first-order chi connectivity index (χ1) is 19.1. The molecular formula is C29H33F4N5O2. The summed E-state index contributed by atoms with van der Waals surface area (Å²) in [6.45, 7) is 1.94. The van der Waals surface area contributed by atoms with Crippen LogP contribution in [0.3, 0.4) is 0 Å². The largest absolute Gasteiger partial charge is 0.349 e. The van der Waals surface area contributed by atoms with E-state index < -0.39 is 29.9 Å². The van der Waals surface area contributed by atoms with E-state index in [-0.39, 0.29) is 49.1 Å². The lowest BCUT2D eigenvalue weighted by Gasteiger charge is -2.33. The van der Waals surface area contributed by atoms with Gasteiger partial charge in [0, 0.05) is 30.4 Å². The summed E-state index contributed by atoms with van der Waals surface area (Å²) in [5.41, 5.74) is 1.16. The number of imidazole rings is 1. The smallest absolute Gasteiger partial charge is 0.264 e. The molecule has 2 atom stereocenters. The Morgan fingerprint density at radius 1 is 1.05 bits per heavy atom. The molecule has 40 heavy (non-hydrogen) atoms. The molecule has 214 valence electrons. The second kappa shape index (κ2) is 11.5. The summed E-state index contributed by atoms with van der Waals surface area (Å²) < 4.78 is 56.7. The lowest BCUT2D eigenvalue weighted by atomic mass is 9.81. The van der Waals surface area contributed by atoms with E-state index in [1.807, 2.05) is 13.0 Å². The number of nitrogens with one attached hydrogen (secondary N) is 2. The maximum atomic E-state index is 14.0. The van der Waals surface area contributed by atoms with Crippen molar-refractivity contribution < 1.29 is 27.2 Å². The third kappa shape index (κ3) is 6.28. The topological polar surface area (TPSA) is 88.4 Å². The van der Waals surface area contributed by atoms with Gasteiger partial charge in [0.2, 0.25) is 11.8 Å². The van der Waals surface area contributed by atoms with Gasteiger partial charge in [-0.1, -0.05) is 25.1 Å². The van der Waals surface area contributed by atoms with Crippen LogP contribution in [0, 0.1) is 11.8 Å². The minimum absolute atomic E-state index is 0.0238. The van der Waals surface area contributed by atoms with Crippen LogP contribution in [0.5, 0.6) is 0 Å². The Labute approximate surface area is 229 Å². The lowest BCUT2D eigenvalue weighted by molar-refractivity contribution is -0.122. The third-order valence-electron chi connectivity index (χ3n) is 7.88. The number of fused-ring (bicyclic) bond motifs is 1. The number of benzene rings is 1. The van der Waals surface area contributed by atoms with Crippen molar-refractivity contribution in [1.29, 1.82) is 0 Å². The van der Waals surface area contributed by atoms with Gasteiger partial charge < -0.3 is 10.6 Å². The van der Waals surface area contributed by atoms with E-state index in [9.17, 15) is 27.2 Å². The average molecular weight is 560 g/mol. The number of amides is 2. The van der Waals surface area contributed by atoms with Crippen LogP contribution < -0.4 is 10.6 Å². The number of carbonyl (C=O) groups excluding carboxylic acids is 2. The molecule has 2 aliphatic carbocycles. The van der Waals surface area contributed by atoms with Gasteiger partial charge in [-0.15, -0.1) is 0 Å². The monoisotopic (exact) mass is 559 g/mol. The Balaban J connectivity index is 1.45. The molecule has 2 amide bonds. The van der Waals surface area contributed by atoms with Crippen LogP contribution in [0.25, 0.3) is 5.65 Å². The summed E-state index contributed by atoms with van der Waals surface area (Å²) in [4.78, 5) is 30.3. The predicted molar refractivity (Wildman–Crippen MR) is 140 cm³/mol. The molecule has 3 aromatic rings. The van der Waals surface area contributed by atoms with Crippen LogP contribution in [0.15, 0.2) is 42.7 Å². The predicted octanol–water partition coefficient (Wildman–Crippen LogP) is 6.33. The van der Waals surface area contributed by atoms with Crippen LogP contribution in [0.4, 0.5) is 17.6 Å². The van der Waals surface area contributed by atoms with Crippen molar-refractivity contribution in [3.63, 3.8) is 0 Å². The van der Waals surface area contributed by atoms with Crippen LogP contribution in [-0.4, -0.2) is 32.3 Å². The maximum absolute atomic E-state index is 14.0. The highest BCUT2D eigenvalue weighted by molar-refractivity contribution is 5.96. The minimum atomic E-state index is -2.84. The van der Waals surface area contributed by atoms with Gasteiger partial charge in [-0.2, -0.15) is 5.10 Å². The van der Waals surface area contributed by atoms with Gasteiger partial charge in [-0.25, -0.2) is 27.1 Å². The molecule has 0 aliphatic heterocycles. The van der Waals surface area contributed by atoms with E-state index in [0.29, 0.717) is 23.7 Å². The standard InChI is InChI=1S/C29H33F4N5O2/c1-2-5-24(39)36-25(17-8-9-17)19-14-23-35-22(16-38(23)34-15-19)26(18-10-12-29(32,33)13-11-18)37-28(40)21-7-4-3-6-20(21)27(30)31/h3-4,6-7,14-18,25-27H,2,5,8-13H2,1H3,(H,36,39)(H,37,40)/t25-,26+/m1/s1. The quantitative estimate of drug-likeness (QED) is 0.284. The molecule has 2 aliphatic rings. The number of halogens is 4. The zero-order valence-corrected chi connectivity index (χ0v) is 22.3. The molecule has 2 aromatic heterocycles. The second-order valence-corrected chi connectivity index (χ2v) is 10.9. The zero-order valence-electron chi connectivity index (χ0n) is 22.3. The summed E-state index contributed by atoms with van der Waals surface area (Å²) in [5, 5.41) is 10.4. The molecule has 2 fully saturated rings. The number of nitrogens with zero attached hydrogens (tertiary/aromatic N) is 3. The van der Waals surface area contributed by atoms with E-state index in [1.54, 1.807) is 16.9 Å². The van der Waals surface area contributed by atoms with Crippen molar-refractivity contribution >= 4 is 17.5 Å². The van der Waals surface area contributed by atoms with Gasteiger partial charge in [0.1, 0.15) is 0 Å². The average Bonchev–Trinajstić information content (AvgIpc) is 3.68. The molecule has 2 heterocycles. The van der Waals surface area contributed by atoms with E-state index >= 15 is 0 Å². The summed E-state index contributed by atoms with van der Waals surface area (Å²) in [6, 6.07) is 6.34. The molecule has 5 rings (SSSR count). The summed E-state index contributed by atoms with van der Waals surface area (Å²) in [5.74, 6) is -3.55. The first-order valence-corrected chi connectivity index (χ1v) is 13.9. The Bertz CT molecular complexity index is 1360. The van der Waals surface area contributed by atoms with Crippen molar-refractivity contribution in [1.82, 2.24) is 25.2 Å². The molecule has 0 radical (unpaired) electrons. The number of alkyl halides is 4. The van der Waals surface area contributed by atoms with Gasteiger partial charge in [0.15, 0.2) is 5.65 Å². The molecule has 2 N–H and O–H groups in total. The Morgan fingerprint density at radius 2 is 1.75 bits per heavy atom. The molecule has 2 saturated carbocycles. The summed E-state index contributed by atoms with van der Waals surface area (Å²) in [6.07, 6.45) is 3.30. The number of hydrogen-bond acceptors (Lipinski definition) is 4. The fourth-order valence-electron chi connectivity index (χ4n) is 5.55. The number of rotatable bonds is 10. The molecule has 0 unspecified atom stereocenters. The van der Waals surface area contributed by atoms with Gasteiger partial charge in [0.25, 0.3) is 12.3 Å². The fourth-order valence-corrected chi connectivity index (χ4v) is 5.55. The van der Waals surface area contributed by atoms with Crippen LogP contribution in [0.2, 0.25) is 0 Å². The number of hydrogen-bond donors (Lipinski definition) is 2. The number of aromatic nitrogens is 3. The van der Waals surface area contributed by atoms with Gasteiger partial charge >= 0.3 is 0 Å². The molecular weight excluding hydrogens is 526 g/mol. The highest BCUT2D eigenvalue weighted by Gasteiger charge is 2.40. The van der Waals surface area contributed by atoms with Crippen molar-refractivity contribution in [2.45, 2.75) is 82.7 Å². The fraction of sp³-hybridized carbons (Fsp3) is 0.517. The first-order valence-electron chi connectivity index (χ1n) is 13.9. The van der Waals surface area contributed by atoms with Crippen molar-refractivity contribution in [3.8, 4) is 0 Å². The van der Waals surface area contributed by atoms with Gasteiger partial charge in [-0.3, -0.25) is 9.59 Å². The number of carbonyl (C=O) groups is 2. The van der Waals surface area contributed by atoms with Gasteiger partial charge in [0.05, 0.1) is 30.2 Å².